The van der Waals surface area contributed by atoms with Crippen molar-refractivity contribution in [2.24, 2.45) is 0 Å². The second-order valence-corrected chi connectivity index (χ2v) is 16.9. The Balaban J connectivity index is 2.21. The van der Waals surface area contributed by atoms with Gasteiger partial charge in [0.2, 0.25) is 0 Å². The third kappa shape index (κ3) is 8.07. The van der Waals surface area contributed by atoms with Crippen LogP contribution in [0.2, 0.25) is 18.1 Å². The van der Waals surface area contributed by atoms with E-state index in [1.54, 1.807) is 11.3 Å². The van der Waals surface area contributed by atoms with Gasteiger partial charge in [0, 0.05) is 0 Å². The maximum absolute atomic E-state index is 12.6. The number of ether oxygens (including phenoxy) is 1. The van der Waals surface area contributed by atoms with E-state index in [1.807, 2.05) is 39.3 Å². The maximum Gasteiger partial charge on any atom is 0.408 e. The highest BCUT2D eigenvalue weighted by molar-refractivity contribution is 7.13. The molecule has 1 heterocycles. The fraction of sp³-hybridized carbons (Fsp3) is 0.556. The minimum atomic E-state index is -1.94. The molecule has 0 aliphatic heterocycles. The predicted octanol–water partition coefficient (Wildman–Crippen LogP) is 8.04. The van der Waals surface area contributed by atoms with Crippen LogP contribution in [0.15, 0.2) is 42.4 Å². The summed E-state index contributed by atoms with van der Waals surface area (Å²) in [5, 5.41) is 3.20. The Bertz CT molecular complexity index is 955. The third-order valence-electron chi connectivity index (χ3n) is 6.27. The summed E-state index contributed by atoms with van der Waals surface area (Å²) in [6.07, 6.45) is 2.87. The number of hydrogen-bond donors (Lipinski definition) is 1. The van der Waals surface area contributed by atoms with E-state index in [0.29, 0.717) is 6.42 Å². The van der Waals surface area contributed by atoms with Crippen molar-refractivity contribution in [2.45, 2.75) is 97.2 Å². The van der Waals surface area contributed by atoms with E-state index in [2.05, 4.69) is 75.0 Å². The molecule has 1 amide bonds. The molecule has 34 heavy (non-hydrogen) atoms. The number of rotatable bonds is 9. The molecule has 0 aliphatic carbocycles. The van der Waals surface area contributed by atoms with E-state index in [4.69, 9.17) is 9.16 Å². The Hall–Kier alpha value is -1.96. The van der Waals surface area contributed by atoms with Crippen LogP contribution in [0.25, 0.3) is 10.4 Å². The predicted molar refractivity (Wildman–Crippen MR) is 146 cm³/mol. The number of nitrogens with one attached hydrogen (secondary N) is 1. The summed E-state index contributed by atoms with van der Waals surface area (Å²) >= 11 is 1.63. The first-order chi connectivity index (χ1) is 15.6. The lowest BCUT2D eigenvalue weighted by molar-refractivity contribution is 0.0497. The molecule has 1 aromatic heterocycles. The standard InChI is InChI=1S/C27H42N2O3SSi/c1-11-22(32-34(9,10)27(6,7)8)16-17-23(29-25(30)31-26(3,4)5)20-12-14-21(15-13-20)24-19(2)28-18-33-24/h11-15,18,22-23H,1,16-17H2,2-10H3,(H,29,30)/t22?,23-/m0/s1. The molecule has 0 bridgehead atoms. The Morgan fingerprint density at radius 1 is 1.15 bits per heavy atom. The molecule has 2 aromatic rings. The lowest BCUT2D eigenvalue weighted by atomic mass is 9.98. The van der Waals surface area contributed by atoms with E-state index in [1.165, 1.54) is 0 Å². The molecule has 7 heteroatoms. The van der Waals surface area contributed by atoms with E-state index >= 15 is 0 Å². The van der Waals surface area contributed by atoms with Crippen molar-refractivity contribution in [3.05, 3.63) is 53.7 Å². The summed E-state index contributed by atoms with van der Waals surface area (Å²) in [4.78, 5) is 18.1. The highest BCUT2D eigenvalue weighted by atomic mass is 32.1. The van der Waals surface area contributed by atoms with Crippen LogP contribution in [0.3, 0.4) is 0 Å². The van der Waals surface area contributed by atoms with Gasteiger partial charge in [0.1, 0.15) is 5.60 Å². The molecule has 2 rings (SSSR count). The number of aryl methyl sites for hydroxylation is 1. The van der Waals surface area contributed by atoms with Crippen LogP contribution in [-0.2, 0) is 9.16 Å². The zero-order chi connectivity index (χ0) is 25.7. The fourth-order valence-electron chi connectivity index (χ4n) is 3.33. The molecule has 0 spiro atoms. The molecule has 0 radical (unpaired) electrons. The van der Waals surface area contributed by atoms with Crippen LogP contribution in [0.1, 0.15) is 71.7 Å². The second kappa shape index (κ2) is 11.2. The SMILES string of the molecule is C=CC(CC[C@H](NC(=O)OC(C)(C)C)c1ccc(-c2scnc2C)cc1)O[Si](C)(C)C(C)(C)C. The first-order valence-electron chi connectivity index (χ1n) is 11.9. The zero-order valence-corrected chi connectivity index (χ0v) is 24.1. The van der Waals surface area contributed by atoms with Crippen molar-refractivity contribution >= 4 is 25.7 Å². The number of aromatic nitrogens is 1. The Morgan fingerprint density at radius 3 is 2.24 bits per heavy atom. The molecule has 1 unspecified atom stereocenters. The number of nitrogens with zero attached hydrogens (tertiary/aromatic N) is 1. The molecule has 0 aliphatic rings. The number of carbonyl (C=O) groups excluding carboxylic acids is 1. The summed E-state index contributed by atoms with van der Waals surface area (Å²) < 4.78 is 12.1. The highest BCUT2D eigenvalue weighted by Crippen LogP contribution is 2.38. The van der Waals surface area contributed by atoms with Gasteiger partial charge in [-0.05, 0) is 69.8 Å². The smallest absolute Gasteiger partial charge is 0.408 e. The van der Waals surface area contributed by atoms with E-state index in [9.17, 15) is 4.79 Å². The van der Waals surface area contributed by atoms with Crippen LogP contribution in [0.5, 0.6) is 0 Å². The fourth-order valence-corrected chi connectivity index (χ4v) is 5.46. The molecule has 5 nitrogen and oxygen atoms in total. The van der Waals surface area contributed by atoms with Gasteiger partial charge in [-0.1, -0.05) is 51.1 Å². The lowest BCUT2D eigenvalue weighted by Crippen LogP contribution is -2.43. The molecule has 1 aromatic carbocycles. The number of carbonyl (C=O) groups is 1. The number of hydrogen-bond acceptors (Lipinski definition) is 5. The lowest BCUT2D eigenvalue weighted by Gasteiger charge is -2.39. The Labute approximate surface area is 211 Å². The third-order valence-corrected chi connectivity index (χ3v) is 11.7. The number of alkyl carbamates (subject to hydrolysis) is 1. The number of amides is 1. The second-order valence-electron chi connectivity index (χ2n) is 11.3. The molecule has 1 N–H and O–H groups in total. The van der Waals surface area contributed by atoms with Crippen molar-refractivity contribution in [3.63, 3.8) is 0 Å². The van der Waals surface area contributed by atoms with Crippen molar-refractivity contribution in [3.8, 4) is 10.4 Å². The summed E-state index contributed by atoms with van der Waals surface area (Å²) in [5.41, 5.74) is 4.50. The molecular formula is C27H42N2O3SSi. The summed E-state index contributed by atoms with van der Waals surface area (Å²) in [6.45, 7) is 22.8. The van der Waals surface area contributed by atoms with Crippen molar-refractivity contribution < 1.29 is 14.0 Å². The van der Waals surface area contributed by atoms with Gasteiger partial charge in [-0.3, -0.25) is 0 Å². The Kier molecular flexibility index (Phi) is 9.30. The molecule has 188 valence electrons. The quantitative estimate of drug-likeness (QED) is 0.278. The van der Waals surface area contributed by atoms with E-state index in [0.717, 1.165) is 28.1 Å². The van der Waals surface area contributed by atoms with Gasteiger partial charge in [-0.25, -0.2) is 9.78 Å². The molecular weight excluding hydrogens is 460 g/mol. The highest BCUT2D eigenvalue weighted by Gasteiger charge is 2.38. The Morgan fingerprint density at radius 2 is 1.76 bits per heavy atom. The summed E-state index contributed by atoms with van der Waals surface area (Å²) in [6, 6.07) is 8.15. The monoisotopic (exact) mass is 502 g/mol. The van der Waals surface area contributed by atoms with E-state index < -0.39 is 20.0 Å². The van der Waals surface area contributed by atoms with Crippen molar-refractivity contribution in [1.29, 1.82) is 0 Å². The molecule has 2 atom stereocenters. The van der Waals surface area contributed by atoms with Crippen molar-refractivity contribution in [2.75, 3.05) is 0 Å². The molecule has 0 saturated carbocycles. The molecule has 0 saturated heterocycles. The van der Waals surface area contributed by atoms with Gasteiger partial charge in [-0.2, -0.15) is 0 Å². The maximum atomic E-state index is 12.6. The average Bonchev–Trinajstić information content (AvgIpc) is 3.13. The van der Waals surface area contributed by atoms with Crippen LogP contribution < -0.4 is 5.32 Å². The summed E-state index contributed by atoms with van der Waals surface area (Å²) in [7, 11) is -1.94. The van der Waals surface area contributed by atoms with Gasteiger partial charge < -0.3 is 14.5 Å². The normalized spacial score (nSPS) is 14.4. The first kappa shape index (κ1) is 28.3. The minimum absolute atomic E-state index is 0.0667. The number of thiazole rings is 1. The van der Waals surface area contributed by atoms with Gasteiger partial charge in [0.15, 0.2) is 8.32 Å². The zero-order valence-electron chi connectivity index (χ0n) is 22.3. The van der Waals surface area contributed by atoms with Gasteiger partial charge in [0.25, 0.3) is 0 Å². The first-order valence-corrected chi connectivity index (χ1v) is 15.7. The topological polar surface area (TPSA) is 60.5 Å². The van der Waals surface area contributed by atoms with Crippen LogP contribution in [0.4, 0.5) is 4.79 Å². The van der Waals surface area contributed by atoms with E-state index in [-0.39, 0.29) is 17.2 Å². The van der Waals surface area contributed by atoms with Crippen LogP contribution >= 0.6 is 11.3 Å². The van der Waals surface area contributed by atoms with Crippen LogP contribution in [0, 0.1) is 6.92 Å². The van der Waals surface area contributed by atoms with Gasteiger partial charge in [-0.15, -0.1) is 17.9 Å². The minimum Gasteiger partial charge on any atom is -0.444 e. The van der Waals surface area contributed by atoms with Crippen LogP contribution in [-0.4, -0.2) is 31.1 Å². The number of benzene rings is 1. The molecule has 0 fully saturated rings. The largest absolute Gasteiger partial charge is 0.444 e. The van der Waals surface area contributed by atoms with Gasteiger partial charge >= 0.3 is 6.09 Å². The average molecular weight is 503 g/mol. The summed E-state index contributed by atoms with van der Waals surface area (Å²) in [5.74, 6) is 0. The van der Waals surface area contributed by atoms with Gasteiger partial charge in [0.05, 0.1) is 28.2 Å². The van der Waals surface area contributed by atoms with Crippen molar-refractivity contribution in [1.82, 2.24) is 10.3 Å².